The molecule has 3 heterocycles. The van der Waals surface area contributed by atoms with E-state index in [0.29, 0.717) is 0 Å². The molecule has 0 N–H and O–H groups in total. The number of fused-ring (bicyclic) bond motifs is 1. The fourth-order valence-electron chi connectivity index (χ4n) is 3.72. The van der Waals surface area contributed by atoms with E-state index in [1.165, 1.54) is 17.7 Å². The largest absolute Gasteiger partial charge is 0.354 e. The number of para-hydroxylation sites is 1. The summed E-state index contributed by atoms with van der Waals surface area (Å²) in [6.45, 7) is 8.70. The van der Waals surface area contributed by atoms with Gasteiger partial charge in [0.2, 0.25) is 0 Å². The van der Waals surface area contributed by atoms with Crippen molar-refractivity contribution < 1.29 is 0 Å². The van der Waals surface area contributed by atoms with Crippen LogP contribution in [0.1, 0.15) is 18.9 Å². The maximum absolute atomic E-state index is 4.57. The molecule has 5 heteroatoms. The normalized spacial score (nSPS) is 18.5. The van der Waals surface area contributed by atoms with Gasteiger partial charge >= 0.3 is 0 Å². The van der Waals surface area contributed by atoms with Gasteiger partial charge in [0.05, 0.1) is 0 Å². The molecule has 0 bridgehead atoms. The molecule has 4 rings (SSSR count). The monoisotopic (exact) mass is 323 g/mol. The summed E-state index contributed by atoms with van der Waals surface area (Å²) in [5.74, 6) is 2.07. The number of nitrogens with zero attached hydrogens (tertiary/aromatic N) is 5. The highest BCUT2D eigenvalue weighted by molar-refractivity contribution is 5.67. The van der Waals surface area contributed by atoms with E-state index < -0.39 is 0 Å². The third kappa shape index (κ3) is 2.96. The quantitative estimate of drug-likeness (QED) is 0.868. The van der Waals surface area contributed by atoms with Gasteiger partial charge in [0.1, 0.15) is 18.0 Å². The van der Waals surface area contributed by atoms with Gasteiger partial charge < -0.3 is 14.7 Å². The van der Waals surface area contributed by atoms with E-state index >= 15 is 0 Å². The van der Waals surface area contributed by atoms with Crippen molar-refractivity contribution in [1.82, 2.24) is 14.9 Å². The molecule has 0 spiro atoms. The van der Waals surface area contributed by atoms with Crippen molar-refractivity contribution in [3.63, 3.8) is 0 Å². The molecule has 1 saturated heterocycles. The summed E-state index contributed by atoms with van der Waals surface area (Å²) in [5.41, 5.74) is 2.71. The maximum Gasteiger partial charge on any atom is 0.138 e. The number of likely N-dealkylation sites (N-methyl/N-ethyl adjacent to an activating group) is 1. The zero-order valence-corrected chi connectivity index (χ0v) is 14.4. The summed E-state index contributed by atoms with van der Waals surface area (Å²) in [6, 6.07) is 10.8. The van der Waals surface area contributed by atoms with Crippen LogP contribution in [-0.2, 0) is 6.42 Å². The van der Waals surface area contributed by atoms with Gasteiger partial charge in [-0.05, 0) is 31.0 Å². The first kappa shape index (κ1) is 15.4. The molecular weight excluding hydrogens is 298 g/mol. The Hall–Kier alpha value is -2.14. The van der Waals surface area contributed by atoms with Crippen LogP contribution in [0.15, 0.2) is 36.7 Å². The van der Waals surface area contributed by atoms with Crippen LogP contribution in [0.2, 0.25) is 0 Å². The zero-order chi connectivity index (χ0) is 16.4. The molecule has 0 unspecified atom stereocenters. The minimum Gasteiger partial charge on any atom is -0.354 e. The molecule has 2 aliphatic rings. The van der Waals surface area contributed by atoms with E-state index in [4.69, 9.17) is 0 Å². The number of rotatable bonds is 3. The van der Waals surface area contributed by atoms with E-state index in [2.05, 4.69) is 61.9 Å². The van der Waals surface area contributed by atoms with Gasteiger partial charge in [-0.15, -0.1) is 0 Å². The van der Waals surface area contributed by atoms with Gasteiger partial charge in [-0.1, -0.05) is 25.1 Å². The van der Waals surface area contributed by atoms with Crippen LogP contribution in [-0.4, -0.2) is 54.1 Å². The van der Waals surface area contributed by atoms with E-state index in [1.54, 1.807) is 6.33 Å². The fraction of sp³-hybridized carbons (Fsp3) is 0.474. The van der Waals surface area contributed by atoms with Crippen molar-refractivity contribution in [1.29, 1.82) is 0 Å². The molecule has 2 aromatic rings. The van der Waals surface area contributed by atoms with Crippen LogP contribution in [0.25, 0.3) is 0 Å². The lowest BCUT2D eigenvalue weighted by Gasteiger charge is -2.35. The van der Waals surface area contributed by atoms with E-state index in [9.17, 15) is 0 Å². The predicted octanol–water partition coefficient (Wildman–Crippen LogP) is 2.70. The van der Waals surface area contributed by atoms with Gasteiger partial charge in [0, 0.05) is 44.5 Å². The lowest BCUT2D eigenvalue weighted by Crippen LogP contribution is -2.46. The number of hydrogen-bond acceptors (Lipinski definition) is 5. The lowest BCUT2D eigenvalue weighted by molar-refractivity contribution is 0.270. The molecule has 0 atom stereocenters. The van der Waals surface area contributed by atoms with Crippen LogP contribution in [0.5, 0.6) is 0 Å². The van der Waals surface area contributed by atoms with E-state index in [-0.39, 0.29) is 0 Å². The second-order valence-corrected chi connectivity index (χ2v) is 6.54. The Balaban J connectivity index is 1.58. The minimum absolute atomic E-state index is 1.02. The molecule has 2 aliphatic heterocycles. The van der Waals surface area contributed by atoms with Crippen molar-refractivity contribution in [2.24, 2.45) is 0 Å². The Bertz CT molecular complexity index is 694. The first-order chi connectivity index (χ1) is 11.8. The predicted molar refractivity (Wildman–Crippen MR) is 98.1 cm³/mol. The van der Waals surface area contributed by atoms with Gasteiger partial charge in [0.25, 0.3) is 0 Å². The van der Waals surface area contributed by atoms with Crippen molar-refractivity contribution in [3.8, 4) is 0 Å². The first-order valence-electron chi connectivity index (χ1n) is 9.00. The maximum atomic E-state index is 4.57. The third-order valence-electron chi connectivity index (χ3n) is 5.17. The number of piperazine rings is 1. The summed E-state index contributed by atoms with van der Waals surface area (Å²) < 4.78 is 0. The standard InChI is InChI=1S/C19H25N5/c1-2-22-10-12-23(13-11-22)18-14-19(21-15-20-18)24-9-5-7-16-6-3-4-8-17(16)24/h3-4,6,8,14-15H,2,5,7,9-13H2,1H3. The number of aromatic nitrogens is 2. The smallest absolute Gasteiger partial charge is 0.138 e. The highest BCUT2D eigenvalue weighted by Gasteiger charge is 2.21. The summed E-state index contributed by atoms with van der Waals surface area (Å²) in [7, 11) is 0. The van der Waals surface area contributed by atoms with E-state index in [0.717, 1.165) is 57.3 Å². The molecule has 0 saturated carbocycles. The van der Waals surface area contributed by atoms with Crippen molar-refractivity contribution in [2.45, 2.75) is 19.8 Å². The second-order valence-electron chi connectivity index (χ2n) is 6.54. The van der Waals surface area contributed by atoms with Crippen molar-refractivity contribution >= 4 is 17.3 Å². The number of anilines is 3. The summed E-state index contributed by atoms with van der Waals surface area (Å²) in [6.07, 6.45) is 4.04. The molecule has 0 amide bonds. The molecule has 24 heavy (non-hydrogen) atoms. The Morgan fingerprint density at radius 2 is 1.75 bits per heavy atom. The van der Waals surface area contributed by atoms with Gasteiger partial charge in [-0.2, -0.15) is 0 Å². The second kappa shape index (κ2) is 6.77. The van der Waals surface area contributed by atoms with E-state index in [1.807, 2.05) is 0 Å². The molecular formula is C19H25N5. The number of aryl methyl sites for hydroxylation is 1. The van der Waals surface area contributed by atoms with Gasteiger partial charge in [-0.25, -0.2) is 9.97 Å². The van der Waals surface area contributed by atoms with Crippen LogP contribution in [0.4, 0.5) is 17.3 Å². The average molecular weight is 323 g/mol. The van der Waals surface area contributed by atoms with Crippen LogP contribution >= 0.6 is 0 Å². The summed E-state index contributed by atoms with van der Waals surface area (Å²) in [5, 5.41) is 0. The molecule has 0 radical (unpaired) electrons. The fourth-order valence-corrected chi connectivity index (χ4v) is 3.72. The Labute approximate surface area is 143 Å². The SMILES string of the molecule is CCN1CCN(c2cc(N3CCCc4ccccc43)ncn2)CC1. The van der Waals surface area contributed by atoms with Crippen LogP contribution in [0.3, 0.4) is 0 Å². The molecule has 1 aromatic carbocycles. The third-order valence-corrected chi connectivity index (χ3v) is 5.17. The van der Waals surface area contributed by atoms with Crippen molar-refractivity contribution in [3.05, 3.63) is 42.2 Å². The minimum atomic E-state index is 1.02. The van der Waals surface area contributed by atoms with Crippen LogP contribution in [0, 0.1) is 0 Å². The topological polar surface area (TPSA) is 35.5 Å². The van der Waals surface area contributed by atoms with Gasteiger partial charge in [0.15, 0.2) is 0 Å². The molecule has 0 aliphatic carbocycles. The lowest BCUT2D eigenvalue weighted by atomic mass is 10.0. The Morgan fingerprint density at radius 1 is 0.958 bits per heavy atom. The Morgan fingerprint density at radius 3 is 2.58 bits per heavy atom. The molecule has 1 aromatic heterocycles. The number of benzene rings is 1. The highest BCUT2D eigenvalue weighted by Crippen LogP contribution is 2.33. The zero-order valence-electron chi connectivity index (χ0n) is 14.4. The molecule has 126 valence electrons. The summed E-state index contributed by atoms with van der Waals surface area (Å²) in [4.78, 5) is 16.3. The summed E-state index contributed by atoms with van der Waals surface area (Å²) >= 11 is 0. The van der Waals surface area contributed by atoms with Crippen molar-refractivity contribution in [2.75, 3.05) is 49.1 Å². The molecule has 5 nitrogen and oxygen atoms in total. The Kier molecular flexibility index (Phi) is 4.34. The molecule has 1 fully saturated rings. The van der Waals surface area contributed by atoms with Crippen LogP contribution < -0.4 is 9.80 Å². The highest BCUT2D eigenvalue weighted by atomic mass is 15.3. The average Bonchev–Trinajstić information content (AvgIpc) is 2.68. The van der Waals surface area contributed by atoms with Gasteiger partial charge in [-0.3, -0.25) is 0 Å². The first-order valence-corrected chi connectivity index (χ1v) is 9.00. The number of hydrogen-bond donors (Lipinski definition) is 0.